The van der Waals surface area contributed by atoms with Crippen LogP contribution < -0.4 is 10.6 Å². The van der Waals surface area contributed by atoms with E-state index in [4.69, 9.17) is 0 Å². The first-order valence-electron chi connectivity index (χ1n) is 8.97. The first-order chi connectivity index (χ1) is 9.50. The number of nitrogens with one attached hydrogen (secondary N) is 2. The van der Waals surface area contributed by atoms with E-state index in [0.29, 0.717) is 11.5 Å². The van der Waals surface area contributed by atoms with Crippen molar-refractivity contribution >= 4 is 0 Å². The zero-order valence-corrected chi connectivity index (χ0v) is 14.4. The Hall–Kier alpha value is -0.0800. The lowest BCUT2D eigenvalue weighted by atomic mass is 9.88. The molecule has 1 fully saturated rings. The molecule has 0 saturated heterocycles. The predicted octanol–water partition coefficient (Wildman–Crippen LogP) is 4.49. The van der Waals surface area contributed by atoms with Crippen molar-refractivity contribution in [2.75, 3.05) is 13.1 Å². The lowest BCUT2D eigenvalue weighted by Gasteiger charge is -2.28. The molecule has 1 unspecified atom stereocenters. The molecular formula is C18H38N2. The molecule has 0 bridgehead atoms. The largest absolute Gasteiger partial charge is 0.314 e. The van der Waals surface area contributed by atoms with Gasteiger partial charge in [-0.05, 0) is 51.1 Å². The Kier molecular flexibility index (Phi) is 8.79. The third kappa shape index (κ3) is 8.26. The van der Waals surface area contributed by atoms with Crippen molar-refractivity contribution in [3.8, 4) is 0 Å². The molecule has 0 amide bonds. The Bertz CT molecular complexity index is 226. The minimum atomic E-state index is 0.379. The van der Waals surface area contributed by atoms with Crippen LogP contribution >= 0.6 is 0 Å². The van der Waals surface area contributed by atoms with E-state index in [2.05, 4.69) is 38.3 Å². The molecule has 1 aliphatic carbocycles. The third-order valence-electron chi connectivity index (χ3n) is 4.89. The van der Waals surface area contributed by atoms with E-state index in [1.54, 1.807) is 0 Å². The fourth-order valence-electron chi connectivity index (χ4n) is 2.84. The minimum absolute atomic E-state index is 0.379. The predicted molar refractivity (Wildman–Crippen MR) is 90.3 cm³/mol. The molecule has 2 heteroatoms. The van der Waals surface area contributed by atoms with E-state index in [9.17, 15) is 0 Å². The molecule has 0 spiro atoms. The molecule has 0 aromatic rings. The highest BCUT2D eigenvalue weighted by molar-refractivity contribution is 4.75. The Labute approximate surface area is 127 Å². The van der Waals surface area contributed by atoms with Crippen molar-refractivity contribution in [3.05, 3.63) is 0 Å². The van der Waals surface area contributed by atoms with Crippen LogP contribution in [0.2, 0.25) is 0 Å². The van der Waals surface area contributed by atoms with E-state index < -0.39 is 0 Å². The smallest absolute Gasteiger partial charge is 0.00872 e. The van der Waals surface area contributed by atoms with Gasteiger partial charge in [0, 0.05) is 12.1 Å². The standard InChI is InChI=1S/C18H38N2/c1-16(18(2,3)4)19-14-10-5-6-11-15-20-17-12-8-7-9-13-17/h16-17,19-20H,5-15H2,1-4H3. The molecule has 0 heterocycles. The van der Waals surface area contributed by atoms with E-state index >= 15 is 0 Å². The molecule has 0 aromatic heterocycles. The third-order valence-corrected chi connectivity index (χ3v) is 4.89. The first kappa shape index (κ1) is 18.0. The molecule has 2 N–H and O–H groups in total. The monoisotopic (exact) mass is 282 g/mol. The molecule has 20 heavy (non-hydrogen) atoms. The Morgan fingerprint density at radius 3 is 2.10 bits per heavy atom. The first-order valence-corrected chi connectivity index (χ1v) is 8.97. The topological polar surface area (TPSA) is 24.1 Å². The lowest BCUT2D eigenvalue weighted by Crippen LogP contribution is -2.38. The molecule has 1 atom stereocenters. The van der Waals surface area contributed by atoms with Crippen LogP contribution in [0.4, 0.5) is 0 Å². The van der Waals surface area contributed by atoms with Gasteiger partial charge in [0.1, 0.15) is 0 Å². The second-order valence-corrected chi connectivity index (χ2v) is 7.75. The van der Waals surface area contributed by atoms with Gasteiger partial charge in [-0.2, -0.15) is 0 Å². The zero-order chi connectivity index (χ0) is 14.8. The number of hydrogen-bond acceptors (Lipinski definition) is 2. The minimum Gasteiger partial charge on any atom is -0.314 e. The van der Waals surface area contributed by atoms with Gasteiger partial charge in [0.25, 0.3) is 0 Å². The van der Waals surface area contributed by atoms with Gasteiger partial charge in [-0.3, -0.25) is 0 Å². The van der Waals surface area contributed by atoms with Crippen LogP contribution in [0.15, 0.2) is 0 Å². The summed E-state index contributed by atoms with van der Waals surface area (Å²) in [5.41, 5.74) is 0.379. The highest BCUT2D eigenvalue weighted by atomic mass is 14.9. The SMILES string of the molecule is CC(NCCCCCCNC1CCCCC1)C(C)(C)C. The van der Waals surface area contributed by atoms with Gasteiger partial charge in [-0.25, -0.2) is 0 Å². The van der Waals surface area contributed by atoms with Gasteiger partial charge in [0.2, 0.25) is 0 Å². The number of hydrogen-bond donors (Lipinski definition) is 2. The zero-order valence-electron chi connectivity index (χ0n) is 14.4. The van der Waals surface area contributed by atoms with Crippen LogP contribution in [0.25, 0.3) is 0 Å². The Balaban J connectivity index is 1.85. The van der Waals surface area contributed by atoms with Crippen LogP contribution in [0.1, 0.15) is 85.5 Å². The molecular weight excluding hydrogens is 244 g/mol. The van der Waals surface area contributed by atoms with Crippen molar-refractivity contribution in [3.63, 3.8) is 0 Å². The highest BCUT2D eigenvalue weighted by Gasteiger charge is 2.18. The van der Waals surface area contributed by atoms with Crippen molar-refractivity contribution < 1.29 is 0 Å². The number of rotatable bonds is 9. The van der Waals surface area contributed by atoms with Gasteiger partial charge in [0.05, 0.1) is 0 Å². The average molecular weight is 283 g/mol. The van der Waals surface area contributed by atoms with Gasteiger partial charge in [-0.1, -0.05) is 52.9 Å². The van der Waals surface area contributed by atoms with Crippen molar-refractivity contribution in [2.45, 2.75) is 97.6 Å². The van der Waals surface area contributed by atoms with Gasteiger partial charge >= 0.3 is 0 Å². The molecule has 0 aliphatic heterocycles. The molecule has 1 rings (SSSR count). The molecule has 1 aliphatic rings. The fourth-order valence-corrected chi connectivity index (χ4v) is 2.84. The van der Waals surface area contributed by atoms with Gasteiger partial charge < -0.3 is 10.6 Å². The van der Waals surface area contributed by atoms with Crippen molar-refractivity contribution in [1.29, 1.82) is 0 Å². The maximum atomic E-state index is 3.73. The quantitative estimate of drug-likeness (QED) is 0.609. The summed E-state index contributed by atoms with van der Waals surface area (Å²) in [7, 11) is 0. The van der Waals surface area contributed by atoms with Crippen molar-refractivity contribution in [1.82, 2.24) is 10.6 Å². The summed E-state index contributed by atoms with van der Waals surface area (Å²) in [6.45, 7) is 11.6. The summed E-state index contributed by atoms with van der Waals surface area (Å²) in [4.78, 5) is 0. The fraction of sp³-hybridized carbons (Fsp3) is 1.00. The van der Waals surface area contributed by atoms with Crippen LogP contribution in [0, 0.1) is 5.41 Å². The molecule has 1 saturated carbocycles. The summed E-state index contributed by atoms with van der Waals surface area (Å²) < 4.78 is 0. The summed E-state index contributed by atoms with van der Waals surface area (Å²) in [5.74, 6) is 0. The van der Waals surface area contributed by atoms with Crippen molar-refractivity contribution in [2.24, 2.45) is 5.41 Å². The maximum absolute atomic E-state index is 3.73. The highest BCUT2D eigenvalue weighted by Crippen LogP contribution is 2.18. The van der Waals surface area contributed by atoms with Crippen LogP contribution in [-0.2, 0) is 0 Å². The Morgan fingerprint density at radius 2 is 1.50 bits per heavy atom. The van der Waals surface area contributed by atoms with E-state index in [-0.39, 0.29) is 0 Å². The van der Waals surface area contributed by atoms with E-state index in [1.165, 1.54) is 70.9 Å². The van der Waals surface area contributed by atoms with Crippen LogP contribution in [0.3, 0.4) is 0 Å². The normalized spacial score (nSPS) is 19.2. The molecule has 120 valence electrons. The van der Waals surface area contributed by atoms with Gasteiger partial charge in [-0.15, -0.1) is 0 Å². The molecule has 0 aromatic carbocycles. The molecule has 0 radical (unpaired) electrons. The van der Waals surface area contributed by atoms with Crippen LogP contribution in [-0.4, -0.2) is 25.2 Å². The summed E-state index contributed by atoms with van der Waals surface area (Å²) in [6, 6.07) is 1.44. The maximum Gasteiger partial charge on any atom is 0.00872 e. The van der Waals surface area contributed by atoms with E-state index in [0.717, 1.165) is 6.04 Å². The Morgan fingerprint density at radius 1 is 0.900 bits per heavy atom. The second kappa shape index (κ2) is 9.78. The van der Waals surface area contributed by atoms with Crippen LogP contribution in [0.5, 0.6) is 0 Å². The van der Waals surface area contributed by atoms with E-state index in [1.807, 2.05) is 0 Å². The van der Waals surface area contributed by atoms with Gasteiger partial charge in [0.15, 0.2) is 0 Å². The second-order valence-electron chi connectivity index (χ2n) is 7.75. The summed E-state index contributed by atoms with van der Waals surface area (Å²) in [5, 5.41) is 7.38. The number of unbranched alkanes of at least 4 members (excludes halogenated alkanes) is 3. The lowest BCUT2D eigenvalue weighted by molar-refractivity contribution is 0.285. The molecule has 2 nitrogen and oxygen atoms in total. The summed E-state index contributed by atoms with van der Waals surface area (Å²) in [6.07, 6.45) is 12.6. The summed E-state index contributed by atoms with van der Waals surface area (Å²) >= 11 is 0. The average Bonchev–Trinajstić information content (AvgIpc) is 2.41.